The number of pyridine rings is 1. The molecule has 4 nitrogen and oxygen atoms in total. The number of halogens is 1. The topological polar surface area (TPSA) is 40.8 Å². The Hall–Kier alpha value is -2.40. The van der Waals surface area contributed by atoms with E-state index in [0.29, 0.717) is 5.92 Å². The Labute approximate surface area is 158 Å². The summed E-state index contributed by atoms with van der Waals surface area (Å²) in [4.78, 5) is 6.49. The van der Waals surface area contributed by atoms with Gasteiger partial charge in [-0.05, 0) is 67.3 Å². The summed E-state index contributed by atoms with van der Waals surface area (Å²) in [5.74, 6) is 0.588. The number of anilines is 1. The fourth-order valence-corrected chi connectivity index (χ4v) is 4.45. The van der Waals surface area contributed by atoms with Crippen molar-refractivity contribution >= 4 is 11.2 Å². The molecule has 0 radical (unpaired) electrons. The van der Waals surface area contributed by atoms with E-state index < -0.39 is 6.10 Å². The molecule has 1 aliphatic heterocycles. The molecule has 0 spiro atoms. The SMILES string of the molecule is OC(c1c(C2CC2)ccc2cncn12)C1CCN(c2cccc(F)c2)CC1. The maximum atomic E-state index is 13.5. The highest BCUT2D eigenvalue weighted by atomic mass is 19.1. The Morgan fingerprint density at radius 2 is 1.89 bits per heavy atom. The van der Waals surface area contributed by atoms with Gasteiger partial charge in [0.1, 0.15) is 5.82 Å². The van der Waals surface area contributed by atoms with Crippen LogP contribution in [0.25, 0.3) is 5.52 Å². The summed E-state index contributed by atoms with van der Waals surface area (Å²) >= 11 is 0. The standard InChI is InChI=1S/C22H24FN3O/c23-17-2-1-3-18(12-17)25-10-8-16(9-11-25)22(27)21-20(15-4-5-15)7-6-19-13-24-14-26(19)21/h1-3,6-7,12-16,22,27H,4-5,8-11H2. The monoisotopic (exact) mass is 365 g/mol. The molecule has 5 heteroatoms. The van der Waals surface area contributed by atoms with Crippen molar-refractivity contribution in [1.82, 2.24) is 9.38 Å². The van der Waals surface area contributed by atoms with Crippen LogP contribution in [0.5, 0.6) is 0 Å². The molecule has 0 bridgehead atoms. The molecule has 2 aliphatic rings. The number of fused-ring (bicyclic) bond motifs is 1. The van der Waals surface area contributed by atoms with E-state index in [-0.39, 0.29) is 11.7 Å². The van der Waals surface area contributed by atoms with Gasteiger partial charge in [-0.15, -0.1) is 0 Å². The fraction of sp³-hybridized carbons (Fsp3) is 0.409. The number of hydrogen-bond donors (Lipinski definition) is 1. The number of hydrogen-bond acceptors (Lipinski definition) is 3. The van der Waals surface area contributed by atoms with Crippen LogP contribution in [0.2, 0.25) is 0 Å². The Bertz CT molecular complexity index is 957. The Balaban J connectivity index is 1.38. The average molecular weight is 365 g/mol. The minimum absolute atomic E-state index is 0.199. The molecule has 1 aliphatic carbocycles. The van der Waals surface area contributed by atoms with E-state index in [4.69, 9.17) is 0 Å². The number of piperidine rings is 1. The summed E-state index contributed by atoms with van der Waals surface area (Å²) in [5, 5.41) is 11.3. The van der Waals surface area contributed by atoms with Crippen LogP contribution < -0.4 is 4.90 Å². The molecule has 140 valence electrons. The highest BCUT2D eigenvalue weighted by molar-refractivity contribution is 5.50. The third kappa shape index (κ3) is 3.10. The van der Waals surface area contributed by atoms with Crippen molar-refractivity contribution < 1.29 is 9.50 Å². The lowest BCUT2D eigenvalue weighted by Gasteiger charge is -2.36. The maximum Gasteiger partial charge on any atom is 0.125 e. The number of imidazole rings is 1. The maximum absolute atomic E-state index is 13.5. The molecule has 1 N–H and O–H groups in total. The molecule has 3 heterocycles. The van der Waals surface area contributed by atoms with Gasteiger partial charge >= 0.3 is 0 Å². The molecule has 2 fully saturated rings. The van der Waals surface area contributed by atoms with E-state index in [9.17, 15) is 9.50 Å². The minimum atomic E-state index is -0.492. The van der Waals surface area contributed by atoms with Crippen LogP contribution in [0, 0.1) is 11.7 Å². The van der Waals surface area contributed by atoms with Gasteiger partial charge in [0.2, 0.25) is 0 Å². The lowest BCUT2D eigenvalue weighted by molar-refractivity contribution is 0.0871. The van der Waals surface area contributed by atoms with Crippen LogP contribution in [-0.2, 0) is 0 Å². The molecule has 2 aromatic heterocycles. The number of aliphatic hydroxyl groups is 1. The molecule has 1 saturated heterocycles. The zero-order chi connectivity index (χ0) is 18.4. The summed E-state index contributed by atoms with van der Waals surface area (Å²) < 4.78 is 15.6. The summed E-state index contributed by atoms with van der Waals surface area (Å²) in [6, 6.07) is 11.1. The molecule has 27 heavy (non-hydrogen) atoms. The smallest absolute Gasteiger partial charge is 0.125 e. The van der Waals surface area contributed by atoms with Gasteiger partial charge in [0.15, 0.2) is 0 Å². The number of aliphatic hydroxyl groups excluding tert-OH is 1. The van der Waals surface area contributed by atoms with E-state index in [0.717, 1.165) is 42.8 Å². The number of aromatic nitrogens is 2. The first kappa shape index (κ1) is 16.8. The zero-order valence-corrected chi connectivity index (χ0v) is 15.3. The molecule has 0 amide bonds. The van der Waals surface area contributed by atoms with Crippen molar-refractivity contribution in [2.45, 2.75) is 37.7 Å². The third-order valence-electron chi connectivity index (χ3n) is 6.11. The molecular weight excluding hydrogens is 341 g/mol. The molecule has 1 unspecified atom stereocenters. The van der Waals surface area contributed by atoms with Gasteiger partial charge in [0, 0.05) is 18.8 Å². The van der Waals surface area contributed by atoms with Crippen molar-refractivity contribution in [3.05, 3.63) is 66.0 Å². The predicted molar refractivity (Wildman–Crippen MR) is 103 cm³/mol. The first-order valence-electron chi connectivity index (χ1n) is 9.84. The van der Waals surface area contributed by atoms with Crippen LogP contribution in [0.3, 0.4) is 0 Å². The molecule has 1 aromatic carbocycles. The number of benzene rings is 1. The van der Waals surface area contributed by atoms with Gasteiger partial charge in [0.25, 0.3) is 0 Å². The third-order valence-corrected chi connectivity index (χ3v) is 6.11. The highest BCUT2D eigenvalue weighted by Gasteiger charge is 2.34. The average Bonchev–Trinajstić information content (AvgIpc) is 3.43. The lowest BCUT2D eigenvalue weighted by Crippen LogP contribution is -2.36. The van der Waals surface area contributed by atoms with E-state index in [1.54, 1.807) is 12.1 Å². The largest absolute Gasteiger partial charge is 0.387 e. The first-order chi connectivity index (χ1) is 13.2. The molecule has 1 atom stereocenters. The second kappa shape index (κ2) is 6.64. The summed E-state index contributed by atoms with van der Waals surface area (Å²) in [7, 11) is 0. The Morgan fingerprint density at radius 3 is 2.63 bits per heavy atom. The van der Waals surface area contributed by atoms with Gasteiger partial charge in [-0.2, -0.15) is 0 Å². The predicted octanol–water partition coefficient (Wildman–Crippen LogP) is 4.30. The zero-order valence-electron chi connectivity index (χ0n) is 15.3. The van der Waals surface area contributed by atoms with Crippen LogP contribution in [0.1, 0.15) is 49.0 Å². The fourth-order valence-electron chi connectivity index (χ4n) is 4.45. The molecule has 1 saturated carbocycles. The molecule has 5 rings (SSSR count). The second-order valence-electron chi connectivity index (χ2n) is 7.89. The Kier molecular flexibility index (Phi) is 4.12. The van der Waals surface area contributed by atoms with Gasteiger partial charge in [-0.25, -0.2) is 9.37 Å². The van der Waals surface area contributed by atoms with Crippen LogP contribution in [-0.4, -0.2) is 27.6 Å². The summed E-state index contributed by atoms with van der Waals surface area (Å²) in [6.45, 7) is 1.67. The van der Waals surface area contributed by atoms with Crippen molar-refractivity contribution in [3.63, 3.8) is 0 Å². The normalized spacial score (nSPS) is 19.6. The highest BCUT2D eigenvalue weighted by Crippen LogP contribution is 2.45. The first-order valence-corrected chi connectivity index (χ1v) is 9.84. The quantitative estimate of drug-likeness (QED) is 0.749. The van der Waals surface area contributed by atoms with E-state index in [2.05, 4.69) is 26.4 Å². The van der Waals surface area contributed by atoms with Crippen molar-refractivity contribution in [2.75, 3.05) is 18.0 Å². The van der Waals surface area contributed by atoms with E-state index in [1.165, 1.54) is 24.5 Å². The molecule has 3 aromatic rings. The van der Waals surface area contributed by atoms with Gasteiger partial charge in [-0.3, -0.25) is 0 Å². The summed E-state index contributed by atoms with van der Waals surface area (Å²) in [5.41, 5.74) is 4.27. The Morgan fingerprint density at radius 1 is 1.07 bits per heavy atom. The van der Waals surface area contributed by atoms with E-state index in [1.807, 2.05) is 18.6 Å². The van der Waals surface area contributed by atoms with Gasteiger partial charge < -0.3 is 14.4 Å². The van der Waals surface area contributed by atoms with E-state index >= 15 is 0 Å². The van der Waals surface area contributed by atoms with Crippen molar-refractivity contribution in [1.29, 1.82) is 0 Å². The lowest BCUT2D eigenvalue weighted by atomic mass is 9.87. The van der Waals surface area contributed by atoms with Crippen molar-refractivity contribution in [2.24, 2.45) is 5.92 Å². The minimum Gasteiger partial charge on any atom is -0.387 e. The van der Waals surface area contributed by atoms with Gasteiger partial charge in [0.05, 0.1) is 29.8 Å². The second-order valence-corrected chi connectivity index (χ2v) is 7.89. The van der Waals surface area contributed by atoms with Gasteiger partial charge in [-0.1, -0.05) is 12.1 Å². The summed E-state index contributed by atoms with van der Waals surface area (Å²) in [6.07, 6.45) is 7.38. The molecular formula is C22H24FN3O. The number of nitrogens with zero attached hydrogens (tertiary/aromatic N) is 3. The van der Waals surface area contributed by atoms with Crippen molar-refractivity contribution in [3.8, 4) is 0 Å². The van der Waals surface area contributed by atoms with Crippen LogP contribution >= 0.6 is 0 Å². The van der Waals surface area contributed by atoms with Crippen LogP contribution in [0.4, 0.5) is 10.1 Å². The number of rotatable bonds is 4. The van der Waals surface area contributed by atoms with Crippen LogP contribution in [0.15, 0.2) is 48.9 Å².